The third-order valence-electron chi connectivity index (χ3n) is 2.76. The molecule has 90 valence electrons. The van der Waals surface area contributed by atoms with E-state index in [4.69, 9.17) is 4.74 Å². The molecule has 1 N–H and O–H groups in total. The van der Waals surface area contributed by atoms with Crippen LogP contribution in [-0.4, -0.2) is 29.6 Å². The molecular weight excluding hydrogens is 224 g/mol. The quantitative estimate of drug-likeness (QED) is 0.783. The average Bonchev–Trinajstić information content (AvgIpc) is 2.54. The van der Waals surface area contributed by atoms with Crippen molar-refractivity contribution >= 4 is 11.8 Å². The normalized spacial score (nSPS) is 21.9. The summed E-state index contributed by atoms with van der Waals surface area (Å²) in [5, 5.41) is 9.58. The summed E-state index contributed by atoms with van der Waals surface area (Å²) in [6.07, 6.45) is -0.184. The maximum atomic E-state index is 12.1. The van der Waals surface area contributed by atoms with Crippen molar-refractivity contribution in [3.63, 3.8) is 0 Å². The van der Waals surface area contributed by atoms with E-state index in [0.717, 1.165) is 0 Å². The van der Waals surface area contributed by atoms with Gasteiger partial charge in [-0.25, -0.2) is 0 Å². The van der Waals surface area contributed by atoms with Gasteiger partial charge in [0.05, 0.1) is 19.1 Å². The van der Waals surface area contributed by atoms with Crippen molar-refractivity contribution in [2.24, 2.45) is 0 Å². The number of Topliss-reactive ketones (excluding diaryl/α,β-unsaturated/α-hetero) is 1. The number of carbonyl (C=O) groups excluding carboxylic acids is 2. The van der Waals surface area contributed by atoms with Crippen molar-refractivity contribution in [2.75, 3.05) is 7.11 Å². The van der Waals surface area contributed by atoms with Crippen LogP contribution in [0.2, 0.25) is 0 Å². The van der Waals surface area contributed by atoms with Crippen molar-refractivity contribution in [2.45, 2.75) is 18.9 Å². The molecule has 17 heavy (non-hydrogen) atoms. The standard InChI is InChI=1S/C12H12O5/c1-12(6-9(14)16-2)11(15)7-4-3-5-8(13)10(7)17-12/h3-5,13H,6H2,1-2H3/t12-/m1/s1. The molecule has 0 saturated carbocycles. The van der Waals surface area contributed by atoms with Gasteiger partial charge in [0.2, 0.25) is 5.78 Å². The number of hydrogen-bond acceptors (Lipinski definition) is 5. The van der Waals surface area contributed by atoms with E-state index in [1.165, 1.54) is 20.1 Å². The van der Waals surface area contributed by atoms with Crippen LogP contribution in [-0.2, 0) is 9.53 Å². The zero-order valence-corrected chi connectivity index (χ0v) is 9.52. The number of rotatable bonds is 2. The Bertz CT molecular complexity index is 494. The fraction of sp³-hybridized carbons (Fsp3) is 0.333. The Morgan fingerprint density at radius 2 is 2.24 bits per heavy atom. The molecule has 0 saturated heterocycles. The molecule has 0 fully saturated rings. The monoisotopic (exact) mass is 236 g/mol. The van der Waals surface area contributed by atoms with Gasteiger partial charge >= 0.3 is 5.97 Å². The minimum atomic E-state index is -1.30. The molecule has 0 amide bonds. The predicted octanol–water partition coefficient (Wildman–Crippen LogP) is 1.29. The summed E-state index contributed by atoms with van der Waals surface area (Å²) in [5.41, 5.74) is -1.01. The van der Waals surface area contributed by atoms with Gasteiger partial charge in [-0.1, -0.05) is 6.07 Å². The SMILES string of the molecule is COC(=O)C[C@@]1(C)Oc2c(O)cccc2C1=O. The number of carbonyl (C=O) groups is 2. The molecule has 1 aromatic carbocycles. The van der Waals surface area contributed by atoms with Gasteiger partial charge in [-0.05, 0) is 19.1 Å². The summed E-state index contributed by atoms with van der Waals surface area (Å²) in [6.45, 7) is 1.51. The smallest absolute Gasteiger partial charge is 0.310 e. The maximum Gasteiger partial charge on any atom is 0.310 e. The van der Waals surface area contributed by atoms with Gasteiger partial charge in [0.15, 0.2) is 17.1 Å². The van der Waals surface area contributed by atoms with E-state index < -0.39 is 11.6 Å². The van der Waals surface area contributed by atoms with Crippen LogP contribution >= 0.6 is 0 Å². The highest BCUT2D eigenvalue weighted by Gasteiger charge is 2.46. The van der Waals surface area contributed by atoms with E-state index >= 15 is 0 Å². The summed E-state index contributed by atoms with van der Waals surface area (Å²) in [6, 6.07) is 4.54. The number of fused-ring (bicyclic) bond motifs is 1. The van der Waals surface area contributed by atoms with Gasteiger partial charge in [-0.3, -0.25) is 9.59 Å². The lowest BCUT2D eigenvalue weighted by Gasteiger charge is -2.20. The van der Waals surface area contributed by atoms with Crippen LogP contribution in [0.4, 0.5) is 0 Å². The number of aromatic hydroxyl groups is 1. The summed E-state index contributed by atoms with van der Waals surface area (Å²) in [4.78, 5) is 23.3. The van der Waals surface area contributed by atoms with E-state index in [1.807, 2.05) is 0 Å². The Hall–Kier alpha value is -2.04. The number of phenolic OH excluding ortho intramolecular Hbond substituents is 1. The van der Waals surface area contributed by atoms with Crippen molar-refractivity contribution < 1.29 is 24.2 Å². The third kappa shape index (κ3) is 1.73. The van der Waals surface area contributed by atoms with Crippen molar-refractivity contribution in [1.82, 2.24) is 0 Å². The molecule has 1 aliphatic rings. The predicted molar refractivity (Wildman–Crippen MR) is 58.1 cm³/mol. The number of ether oxygens (including phenoxy) is 2. The van der Waals surface area contributed by atoms with E-state index in [9.17, 15) is 14.7 Å². The van der Waals surface area contributed by atoms with E-state index in [2.05, 4.69) is 4.74 Å². The van der Waals surface area contributed by atoms with Crippen LogP contribution in [0.3, 0.4) is 0 Å². The molecule has 1 atom stereocenters. The number of para-hydroxylation sites is 1. The number of benzene rings is 1. The lowest BCUT2D eigenvalue weighted by atomic mass is 9.94. The van der Waals surface area contributed by atoms with Crippen molar-refractivity contribution in [3.8, 4) is 11.5 Å². The van der Waals surface area contributed by atoms with Gasteiger partial charge in [-0.2, -0.15) is 0 Å². The molecular formula is C12H12O5. The Kier molecular flexibility index (Phi) is 2.53. The molecule has 0 radical (unpaired) electrons. The highest BCUT2D eigenvalue weighted by atomic mass is 16.5. The number of esters is 1. The fourth-order valence-electron chi connectivity index (χ4n) is 1.83. The Balaban J connectivity index is 2.36. The molecule has 0 aliphatic carbocycles. The summed E-state index contributed by atoms with van der Waals surface area (Å²) >= 11 is 0. The van der Waals surface area contributed by atoms with Crippen LogP contribution in [0.5, 0.6) is 11.5 Å². The highest BCUT2D eigenvalue weighted by Crippen LogP contribution is 2.42. The summed E-state index contributed by atoms with van der Waals surface area (Å²) in [7, 11) is 1.25. The first kappa shape index (κ1) is 11.4. The Morgan fingerprint density at radius 1 is 1.53 bits per heavy atom. The molecule has 1 heterocycles. The first-order valence-electron chi connectivity index (χ1n) is 5.10. The minimum Gasteiger partial charge on any atom is -0.504 e. The third-order valence-corrected chi connectivity index (χ3v) is 2.76. The minimum absolute atomic E-state index is 0.107. The van der Waals surface area contributed by atoms with E-state index in [-0.39, 0.29) is 29.3 Å². The van der Waals surface area contributed by atoms with Crippen LogP contribution in [0.1, 0.15) is 23.7 Å². The van der Waals surface area contributed by atoms with Crippen LogP contribution in [0.25, 0.3) is 0 Å². The van der Waals surface area contributed by atoms with Crippen LogP contribution < -0.4 is 4.74 Å². The fourth-order valence-corrected chi connectivity index (χ4v) is 1.83. The summed E-state index contributed by atoms with van der Waals surface area (Å²) < 4.78 is 9.93. The molecule has 1 aliphatic heterocycles. The van der Waals surface area contributed by atoms with Gasteiger partial charge < -0.3 is 14.6 Å². The maximum absolute atomic E-state index is 12.1. The Labute approximate surface area is 98.0 Å². The highest BCUT2D eigenvalue weighted by molar-refractivity contribution is 6.09. The molecule has 0 aromatic heterocycles. The van der Waals surface area contributed by atoms with Crippen molar-refractivity contribution in [3.05, 3.63) is 23.8 Å². The van der Waals surface area contributed by atoms with Crippen molar-refractivity contribution in [1.29, 1.82) is 0 Å². The van der Waals surface area contributed by atoms with E-state index in [0.29, 0.717) is 0 Å². The number of ketones is 1. The number of hydrogen-bond donors (Lipinski definition) is 1. The van der Waals surface area contributed by atoms with Gasteiger partial charge in [0, 0.05) is 0 Å². The zero-order chi connectivity index (χ0) is 12.6. The largest absolute Gasteiger partial charge is 0.504 e. The molecule has 0 spiro atoms. The van der Waals surface area contributed by atoms with Crippen LogP contribution in [0, 0.1) is 0 Å². The zero-order valence-electron chi connectivity index (χ0n) is 9.52. The molecule has 1 aromatic rings. The second-order valence-corrected chi connectivity index (χ2v) is 4.07. The number of phenols is 1. The lowest BCUT2D eigenvalue weighted by Crippen LogP contribution is -2.39. The molecule has 0 unspecified atom stereocenters. The topological polar surface area (TPSA) is 72.8 Å². The summed E-state index contributed by atoms with van der Waals surface area (Å²) in [5.74, 6) is -0.838. The molecule has 0 bridgehead atoms. The van der Waals surface area contributed by atoms with Gasteiger partial charge in [-0.15, -0.1) is 0 Å². The first-order valence-corrected chi connectivity index (χ1v) is 5.10. The second kappa shape index (κ2) is 3.76. The van der Waals surface area contributed by atoms with Gasteiger partial charge in [0.25, 0.3) is 0 Å². The Morgan fingerprint density at radius 3 is 2.82 bits per heavy atom. The average molecular weight is 236 g/mol. The van der Waals surface area contributed by atoms with Gasteiger partial charge in [0.1, 0.15) is 0 Å². The van der Waals surface area contributed by atoms with Crippen LogP contribution in [0.15, 0.2) is 18.2 Å². The molecule has 5 nitrogen and oxygen atoms in total. The second-order valence-electron chi connectivity index (χ2n) is 4.07. The molecule has 5 heteroatoms. The number of methoxy groups -OCH3 is 1. The lowest BCUT2D eigenvalue weighted by molar-refractivity contribution is -0.143. The van der Waals surface area contributed by atoms with E-state index in [1.54, 1.807) is 12.1 Å². The molecule has 2 rings (SSSR count). The first-order chi connectivity index (χ1) is 7.98.